The van der Waals surface area contributed by atoms with Crippen LogP contribution in [-0.2, 0) is 4.79 Å². The van der Waals surface area contributed by atoms with Gasteiger partial charge in [0.25, 0.3) is 5.91 Å². The number of halogens is 2. The summed E-state index contributed by atoms with van der Waals surface area (Å²) >= 11 is 6.32. The first-order valence-corrected chi connectivity index (χ1v) is 12.5. The first-order chi connectivity index (χ1) is 16.8. The molecule has 2 N–H and O–H groups in total. The largest absolute Gasteiger partial charge is 0.490 e. The van der Waals surface area contributed by atoms with Gasteiger partial charge in [-0.2, -0.15) is 0 Å². The van der Waals surface area contributed by atoms with Crippen molar-refractivity contribution in [2.45, 2.75) is 63.4 Å². The van der Waals surface area contributed by atoms with Gasteiger partial charge in [-0.1, -0.05) is 17.7 Å². The van der Waals surface area contributed by atoms with E-state index in [0.29, 0.717) is 54.0 Å². The Morgan fingerprint density at radius 1 is 1.03 bits per heavy atom. The smallest absolute Gasteiger partial charge is 0.306 e. The number of benzene rings is 2. The number of ketones is 1. The lowest BCUT2D eigenvalue weighted by Gasteiger charge is -2.26. The maximum atomic E-state index is 14.2. The Morgan fingerprint density at radius 3 is 2.40 bits per heavy atom. The quantitative estimate of drug-likeness (QED) is 0.318. The number of aliphatic carboxylic acids is 1. The van der Waals surface area contributed by atoms with Crippen molar-refractivity contribution in [3.8, 4) is 5.75 Å². The fourth-order valence-electron chi connectivity index (χ4n) is 4.50. The topological polar surface area (TPSA) is 92.7 Å². The minimum atomic E-state index is -0.759. The second-order valence-corrected chi connectivity index (χ2v) is 9.77. The molecular formula is C27H29ClFNO5. The third-order valence-corrected chi connectivity index (χ3v) is 7.03. The number of hydrogen-bond donors (Lipinski definition) is 2. The molecule has 0 aromatic heterocycles. The lowest BCUT2D eigenvalue weighted by Crippen LogP contribution is -2.27. The van der Waals surface area contributed by atoms with E-state index in [9.17, 15) is 18.8 Å². The summed E-state index contributed by atoms with van der Waals surface area (Å²) < 4.78 is 20.1. The van der Waals surface area contributed by atoms with Gasteiger partial charge in [0.1, 0.15) is 11.6 Å². The molecule has 2 aliphatic carbocycles. The van der Waals surface area contributed by atoms with E-state index in [1.54, 1.807) is 30.3 Å². The van der Waals surface area contributed by atoms with Crippen molar-refractivity contribution >= 4 is 29.3 Å². The predicted molar refractivity (Wildman–Crippen MR) is 130 cm³/mol. The molecule has 4 rings (SSSR count). The van der Waals surface area contributed by atoms with Gasteiger partial charge < -0.3 is 15.2 Å². The highest BCUT2D eigenvalue weighted by Gasteiger charge is 2.28. The molecular weight excluding hydrogens is 473 g/mol. The maximum absolute atomic E-state index is 14.2. The number of Topliss-reactive ketones (excluding diaryl/α,β-unsaturated/α-hetero) is 1. The van der Waals surface area contributed by atoms with Crippen molar-refractivity contribution in [2.24, 2.45) is 5.92 Å². The van der Waals surface area contributed by atoms with Gasteiger partial charge >= 0.3 is 5.97 Å². The van der Waals surface area contributed by atoms with E-state index in [4.69, 9.17) is 21.4 Å². The first-order valence-electron chi connectivity index (χ1n) is 12.1. The number of amides is 1. The van der Waals surface area contributed by atoms with Gasteiger partial charge in [0.15, 0.2) is 5.78 Å². The van der Waals surface area contributed by atoms with E-state index >= 15 is 0 Å². The number of carboxylic acids is 1. The van der Waals surface area contributed by atoms with E-state index in [0.717, 1.165) is 12.8 Å². The van der Waals surface area contributed by atoms with Crippen LogP contribution < -0.4 is 10.1 Å². The Labute approximate surface area is 208 Å². The SMILES string of the molecule is O=C(NCCCC(=O)c1ccc(OC2CCC(C(=O)O)CC2)cc1Cl)c1ccc(C2CC2)c(F)c1. The fraction of sp³-hybridized carbons (Fsp3) is 0.444. The Bertz CT molecular complexity index is 1110. The molecule has 2 saturated carbocycles. The molecule has 0 bridgehead atoms. The van der Waals surface area contributed by atoms with Gasteiger partial charge in [-0.25, -0.2) is 4.39 Å². The molecule has 8 heteroatoms. The fourth-order valence-corrected chi connectivity index (χ4v) is 4.77. The summed E-state index contributed by atoms with van der Waals surface area (Å²) in [7, 11) is 0. The van der Waals surface area contributed by atoms with E-state index < -0.39 is 5.97 Å². The third kappa shape index (κ3) is 6.60. The number of ether oxygens (including phenoxy) is 1. The van der Waals surface area contributed by atoms with Gasteiger partial charge in [0.05, 0.1) is 17.0 Å². The maximum Gasteiger partial charge on any atom is 0.306 e. The summed E-state index contributed by atoms with van der Waals surface area (Å²) in [5.41, 5.74) is 1.33. The van der Waals surface area contributed by atoms with Crippen LogP contribution in [0.3, 0.4) is 0 Å². The Morgan fingerprint density at radius 2 is 1.77 bits per heavy atom. The second-order valence-electron chi connectivity index (χ2n) is 9.36. The Hall–Kier alpha value is -2.93. The molecule has 2 aromatic carbocycles. The highest BCUT2D eigenvalue weighted by molar-refractivity contribution is 6.34. The minimum Gasteiger partial charge on any atom is -0.490 e. The van der Waals surface area contributed by atoms with Crippen LogP contribution in [-0.4, -0.2) is 35.4 Å². The lowest BCUT2D eigenvalue weighted by atomic mass is 9.87. The monoisotopic (exact) mass is 501 g/mol. The van der Waals surface area contributed by atoms with Crippen molar-refractivity contribution in [3.05, 3.63) is 63.9 Å². The molecule has 0 spiro atoms. The average Bonchev–Trinajstić information content (AvgIpc) is 3.67. The van der Waals surface area contributed by atoms with Gasteiger partial charge in [-0.05, 0) is 86.8 Å². The number of hydrogen-bond acceptors (Lipinski definition) is 4. The van der Waals surface area contributed by atoms with Crippen LogP contribution in [0.1, 0.15) is 83.6 Å². The van der Waals surface area contributed by atoms with E-state index in [-0.39, 0.29) is 54.0 Å². The normalized spacial score (nSPS) is 19.7. The predicted octanol–water partition coefficient (Wildman–Crippen LogP) is 5.77. The summed E-state index contributed by atoms with van der Waals surface area (Å²) in [5, 5.41) is 12.1. The van der Waals surface area contributed by atoms with Crippen molar-refractivity contribution in [2.75, 3.05) is 6.54 Å². The van der Waals surface area contributed by atoms with Crippen LogP contribution >= 0.6 is 11.6 Å². The van der Waals surface area contributed by atoms with E-state index in [2.05, 4.69) is 5.32 Å². The molecule has 0 aliphatic heterocycles. The van der Waals surface area contributed by atoms with Gasteiger partial charge in [0.2, 0.25) is 0 Å². The number of carbonyl (C=O) groups excluding carboxylic acids is 2. The van der Waals surface area contributed by atoms with Crippen LogP contribution in [0.5, 0.6) is 5.75 Å². The summed E-state index contributed by atoms with van der Waals surface area (Å²) in [4.78, 5) is 36.0. The third-order valence-electron chi connectivity index (χ3n) is 6.71. The van der Waals surface area contributed by atoms with Crippen LogP contribution in [0, 0.1) is 11.7 Å². The van der Waals surface area contributed by atoms with Crippen LogP contribution in [0.15, 0.2) is 36.4 Å². The zero-order valence-corrected chi connectivity index (χ0v) is 20.2. The number of carboxylic acid groups (broad SMARTS) is 1. The van der Waals surface area contributed by atoms with Crippen molar-refractivity contribution in [1.29, 1.82) is 0 Å². The molecule has 0 atom stereocenters. The Balaban J connectivity index is 1.21. The molecule has 186 valence electrons. The second kappa shape index (κ2) is 11.2. The highest BCUT2D eigenvalue weighted by atomic mass is 35.5. The summed E-state index contributed by atoms with van der Waals surface area (Å²) in [6, 6.07) is 9.53. The summed E-state index contributed by atoms with van der Waals surface area (Å²) in [6.45, 7) is 0.286. The minimum absolute atomic E-state index is 0.0646. The van der Waals surface area contributed by atoms with Crippen LogP contribution in [0.2, 0.25) is 5.02 Å². The van der Waals surface area contributed by atoms with E-state index in [1.807, 2.05) is 0 Å². The molecule has 0 unspecified atom stereocenters. The van der Waals surface area contributed by atoms with Crippen molar-refractivity contribution in [3.63, 3.8) is 0 Å². The number of nitrogens with one attached hydrogen (secondary N) is 1. The summed E-state index contributed by atoms with van der Waals surface area (Å²) in [5.74, 6) is -1.08. The molecule has 0 saturated heterocycles. The van der Waals surface area contributed by atoms with Crippen molar-refractivity contribution in [1.82, 2.24) is 5.32 Å². The van der Waals surface area contributed by atoms with E-state index in [1.165, 1.54) is 6.07 Å². The van der Waals surface area contributed by atoms with Crippen LogP contribution in [0.4, 0.5) is 4.39 Å². The molecule has 1 amide bonds. The molecule has 2 aromatic rings. The molecule has 35 heavy (non-hydrogen) atoms. The zero-order valence-electron chi connectivity index (χ0n) is 19.4. The van der Waals surface area contributed by atoms with Gasteiger partial charge in [-0.15, -0.1) is 0 Å². The number of rotatable bonds is 10. The molecule has 2 fully saturated rings. The summed E-state index contributed by atoms with van der Waals surface area (Å²) in [6.07, 6.45) is 5.05. The molecule has 0 heterocycles. The van der Waals surface area contributed by atoms with Gasteiger partial charge in [-0.3, -0.25) is 14.4 Å². The molecule has 2 aliphatic rings. The molecule has 6 nitrogen and oxygen atoms in total. The standard InChI is InChI=1S/C27H29ClFNO5/c28-23-15-20(35-19-8-5-17(6-9-19)27(33)34)10-12-22(23)25(31)2-1-13-30-26(32)18-7-11-21(16-3-4-16)24(29)14-18/h7,10-12,14-17,19H,1-6,8-9,13H2,(H,30,32)(H,33,34). The van der Waals surface area contributed by atoms with Crippen molar-refractivity contribution < 1.29 is 28.6 Å². The lowest BCUT2D eigenvalue weighted by molar-refractivity contribution is -0.143. The van der Waals surface area contributed by atoms with Crippen LogP contribution in [0.25, 0.3) is 0 Å². The average molecular weight is 502 g/mol. The number of carbonyl (C=O) groups is 3. The molecule has 0 radical (unpaired) electrons. The van der Waals surface area contributed by atoms with Gasteiger partial charge in [0, 0.05) is 24.1 Å². The first kappa shape index (κ1) is 25.2. The highest BCUT2D eigenvalue weighted by Crippen LogP contribution is 2.41. The zero-order chi connectivity index (χ0) is 24.9. The Kier molecular flexibility index (Phi) is 8.06.